The molecule has 1 atom stereocenters. The van der Waals surface area contributed by atoms with Gasteiger partial charge in [-0.25, -0.2) is 0 Å². The topological polar surface area (TPSA) is 19.6 Å². The van der Waals surface area contributed by atoms with Crippen molar-refractivity contribution in [3.8, 4) is 21.6 Å². The van der Waals surface area contributed by atoms with Gasteiger partial charge in [0.1, 0.15) is 11.2 Å². The minimum atomic E-state index is -0.575. The fourth-order valence-electron chi connectivity index (χ4n) is 10.4. The third kappa shape index (κ3) is 4.91. The van der Waals surface area contributed by atoms with Gasteiger partial charge in [0.25, 0.3) is 0 Å². The Kier molecular flexibility index (Phi) is 7.39. The van der Waals surface area contributed by atoms with E-state index in [2.05, 4.69) is 216 Å². The van der Waals surface area contributed by atoms with E-state index < -0.39 is 5.41 Å². The molecule has 0 amide bonds. The van der Waals surface area contributed by atoms with Crippen molar-refractivity contribution in [1.82, 2.24) is 0 Å². The molecule has 9 aromatic carbocycles. The summed E-state index contributed by atoms with van der Waals surface area (Å²) in [4.78, 5) is 6.15. The predicted octanol–water partition coefficient (Wildman–Crippen LogP) is 16.1. The van der Waals surface area contributed by atoms with Crippen LogP contribution in [0.5, 0.6) is 0 Å². The van der Waals surface area contributed by atoms with Crippen LogP contribution in [0.25, 0.3) is 53.6 Å². The van der Waals surface area contributed by atoms with Crippen LogP contribution in [0.15, 0.2) is 223 Å². The second-order valence-corrected chi connectivity index (χ2v) is 17.1. The molecule has 0 fully saturated rings. The van der Waals surface area contributed by atoms with Crippen LogP contribution in [0.2, 0.25) is 0 Å². The molecule has 2 aliphatic carbocycles. The molecule has 0 N–H and O–H groups in total. The molecule has 2 heterocycles. The maximum absolute atomic E-state index is 6.31. The van der Waals surface area contributed by atoms with Crippen molar-refractivity contribution in [2.45, 2.75) is 5.41 Å². The van der Waals surface area contributed by atoms with Crippen LogP contribution < -0.4 is 9.80 Å². The third-order valence-corrected chi connectivity index (χ3v) is 14.0. The van der Waals surface area contributed by atoms with Gasteiger partial charge in [-0.2, -0.15) is 0 Å². The van der Waals surface area contributed by atoms with Crippen LogP contribution in [0, 0.1) is 0 Å². The molecular formula is C57H36N2OS. The fourth-order valence-corrected chi connectivity index (χ4v) is 11.7. The first-order valence-corrected chi connectivity index (χ1v) is 21.7. The first kappa shape index (κ1) is 34.2. The number of benzene rings is 9. The highest BCUT2D eigenvalue weighted by atomic mass is 32.1. The van der Waals surface area contributed by atoms with Crippen molar-refractivity contribution in [3.05, 3.63) is 241 Å². The van der Waals surface area contributed by atoms with Gasteiger partial charge < -0.3 is 14.2 Å². The van der Waals surface area contributed by atoms with Crippen LogP contribution in [0.1, 0.15) is 22.3 Å². The number of hydrogen-bond donors (Lipinski definition) is 0. The minimum Gasteiger partial charge on any atom is -0.456 e. The molecule has 4 heteroatoms. The summed E-state index contributed by atoms with van der Waals surface area (Å²) in [6.07, 6.45) is 0. The maximum Gasteiger partial charge on any atom is 0.135 e. The van der Waals surface area contributed by atoms with Crippen molar-refractivity contribution in [3.63, 3.8) is 0 Å². The van der Waals surface area contributed by atoms with Gasteiger partial charge in [0.15, 0.2) is 0 Å². The fraction of sp³-hybridized carbons (Fsp3) is 0.0175. The summed E-state index contributed by atoms with van der Waals surface area (Å²) in [7, 11) is 0. The van der Waals surface area contributed by atoms with E-state index in [1.807, 2.05) is 23.5 Å². The Balaban J connectivity index is 1.10. The molecule has 1 spiro atoms. The number of furan rings is 1. The van der Waals surface area contributed by atoms with Crippen molar-refractivity contribution in [1.29, 1.82) is 0 Å². The molecule has 0 aliphatic heterocycles. The van der Waals surface area contributed by atoms with Crippen LogP contribution in [-0.4, -0.2) is 0 Å². The van der Waals surface area contributed by atoms with Gasteiger partial charge in [-0.05, 0) is 135 Å². The Labute approximate surface area is 357 Å². The Morgan fingerprint density at radius 2 is 0.836 bits per heavy atom. The summed E-state index contributed by atoms with van der Waals surface area (Å²) >= 11 is 1.92. The zero-order valence-electron chi connectivity index (χ0n) is 33.0. The zero-order chi connectivity index (χ0) is 40.1. The Morgan fingerprint density at radius 3 is 1.54 bits per heavy atom. The number of anilines is 6. The summed E-state index contributed by atoms with van der Waals surface area (Å²) in [5, 5.41) is 3.53. The van der Waals surface area contributed by atoms with E-state index in [0.717, 1.165) is 56.1 Å². The number of nitrogens with zero attached hydrogens (tertiary/aromatic N) is 2. The highest BCUT2D eigenvalue weighted by Crippen LogP contribution is 2.67. The number of fused-ring (bicyclic) bond motifs is 15. The van der Waals surface area contributed by atoms with Crippen molar-refractivity contribution in [2.75, 3.05) is 9.80 Å². The summed E-state index contributed by atoms with van der Waals surface area (Å²) in [5.41, 5.74) is 17.0. The van der Waals surface area contributed by atoms with E-state index >= 15 is 0 Å². The van der Waals surface area contributed by atoms with E-state index in [0.29, 0.717) is 0 Å². The molecule has 3 nitrogen and oxygen atoms in total. The Morgan fingerprint density at radius 1 is 0.344 bits per heavy atom. The lowest BCUT2D eigenvalue weighted by atomic mass is 9.70. The predicted molar refractivity (Wildman–Crippen MR) is 255 cm³/mol. The largest absolute Gasteiger partial charge is 0.456 e. The van der Waals surface area contributed by atoms with E-state index in [9.17, 15) is 0 Å². The molecule has 13 rings (SSSR count). The minimum absolute atomic E-state index is 0.575. The average molecular weight is 797 g/mol. The molecule has 11 aromatic rings. The molecule has 2 aromatic heterocycles. The van der Waals surface area contributed by atoms with Gasteiger partial charge in [-0.1, -0.05) is 127 Å². The van der Waals surface area contributed by atoms with Crippen LogP contribution in [0.4, 0.5) is 34.1 Å². The SMILES string of the molecule is c1ccc(N(c2ccccc2)c2ccc3c(c2)C2(c4ccccc4-c4ccc(N(c5ccccc5)c5ccc6oc7ccccc7c6c5)cc42)c2c-3sc3ccccc23)cc1. The van der Waals surface area contributed by atoms with Crippen molar-refractivity contribution >= 4 is 77.5 Å². The monoisotopic (exact) mass is 796 g/mol. The molecule has 0 bridgehead atoms. The van der Waals surface area contributed by atoms with Gasteiger partial charge in [-0.3, -0.25) is 0 Å². The number of thiophene rings is 1. The molecule has 61 heavy (non-hydrogen) atoms. The second kappa shape index (κ2) is 13.2. The van der Waals surface area contributed by atoms with Gasteiger partial charge in [-0.15, -0.1) is 11.3 Å². The lowest BCUT2D eigenvalue weighted by Crippen LogP contribution is -2.26. The highest BCUT2D eigenvalue weighted by Gasteiger charge is 2.54. The first-order chi connectivity index (χ1) is 30.3. The third-order valence-electron chi connectivity index (χ3n) is 12.8. The molecule has 0 radical (unpaired) electrons. The summed E-state index contributed by atoms with van der Waals surface area (Å²) in [5.74, 6) is 0. The molecule has 0 saturated heterocycles. The van der Waals surface area contributed by atoms with E-state index in [1.165, 1.54) is 53.9 Å². The molecule has 286 valence electrons. The molecule has 0 saturated carbocycles. The maximum atomic E-state index is 6.31. The zero-order valence-corrected chi connectivity index (χ0v) is 33.8. The summed E-state index contributed by atoms with van der Waals surface area (Å²) < 4.78 is 7.62. The van der Waals surface area contributed by atoms with Gasteiger partial charge in [0, 0.05) is 54.5 Å². The average Bonchev–Trinajstić information content (AvgIpc) is 4.05. The summed E-state index contributed by atoms with van der Waals surface area (Å²) in [6, 6.07) is 79.7. The van der Waals surface area contributed by atoms with Crippen LogP contribution >= 0.6 is 11.3 Å². The number of rotatable bonds is 6. The smallest absolute Gasteiger partial charge is 0.135 e. The van der Waals surface area contributed by atoms with Crippen molar-refractivity contribution < 1.29 is 4.42 Å². The quantitative estimate of drug-likeness (QED) is 0.167. The van der Waals surface area contributed by atoms with Crippen LogP contribution in [-0.2, 0) is 5.41 Å². The Bertz CT molecular complexity index is 3460. The van der Waals surface area contributed by atoms with E-state index in [-0.39, 0.29) is 0 Å². The van der Waals surface area contributed by atoms with Crippen LogP contribution in [0.3, 0.4) is 0 Å². The standard InChI is InChI=1S/C57H36N2OS/c1-4-16-37(17-5-1)58(38-18-6-2-7-19-38)41-29-32-46-51(36-41)57(55-47-24-12-15-27-54(47)61-56(46)55)49-25-13-10-22-43(49)44-31-28-42(35-50(44)57)59(39-20-8-3-9-21-39)40-30-33-53-48(34-40)45-23-11-14-26-52(45)60-53/h1-36H. The lowest BCUT2D eigenvalue weighted by Gasteiger charge is -2.33. The normalized spacial score (nSPS) is 14.6. The highest BCUT2D eigenvalue weighted by molar-refractivity contribution is 7.22. The number of para-hydroxylation sites is 4. The van der Waals surface area contributed by atoms with Gasteiger partial charge in [0.2, 0.25) is 0 Å². The van der Waals surface area contributed by atoms with E-state index in [1.54, 1.807) is 0 Å². The molecular weight excluding hydrogens is 761 g/mol. The lowest BCUT2D eigenvalue weighted by molar-refractivity contribution is 0.669. The van der Waals surface area contributed by atoms with Crippen molar-refractivity contribution in [2.24, 2.45) is 0 Å². The molecule has 1 unspecified atom stereocenters. The Hall–Kier alpha value is -7.66. The van der Waals surface area contributed by atoms with Gasteiger partial charge >= 0.3 is 0 Å². The summed E-state index contributed by atoms with van der Waals surface area (Å²) in [6.45, 7) is 0. The molecule has 2 aliphatic rings. The number of hydrogen-bond acceptors (Lipinski definition) is 4. The first-order valence-electron chi connectivity index (χ1n) is 20.8. The second-order valence-electron chi connectivity index (χ2n) is 16.0. The van der Waals surface area contributed by atoms with Gasteiger partial charge in [0.05, 0.1) is 5.41 Å². The van der Waals surface area contributed by atoms with E-state index in [4.69, 9.17) is 4.42 Å².